The molecule has 2 amide bonds. The van der Waals surface area contributed by atoms with E-state index in [0.717, 1.165) is 69.6 Å². The lowest BCUT2D eigenvalue weighted by Crippen LogP contribution is -2.59. The van der Waals surface area contributed by atoms with Crippen LogP contribution in [0.3, 0.4) is 0 Å². The van der Waals surface area contributed by atoms with Gasteiger partial charge in [-0.1, -0.05) is 48.5 Å². The topological polar surface area (TPSA) is 199 Å². The molecule has 0 bridgehead atoms. The predicted octanol–water partition coefficient (Wildman–Crippen LogP) is 4.95. The van der Waals surface area contributed by atoms with Crippen LogP contribution in [-0.4, -0.2) is 147 Å². The number of nitrogens with zero attached hydrogens (tertiary/aromatic N) is 3. The Morgan fingerprint density at radius 1 is 0.857 bits per heavy atom. The molecule has 0 aliphatic carbocycles. The Morgan fingerprint density at radius 3 is 2.03 bits per heavy atom. The zero-order valence-electron chi connectivity index (χ0n) is 35.0. The van der Waals surface area contributed by atoms with Crippen molar-refractivity contribution in [1.82, 2.24) is 10.2 Å². The predicted molar refractivity (Wildman–Crippen MR) is 244 cm³/mol. The minimum Gasteiger partial charge on any atom is -0.461 e. The van der Waals surface area contributed by atoms with E-state index in [1.165, 1.54) is 4.90 Å². The number of aliphatic hydroxyl groups is 4. The van der Waals surface area contributed by atoms with E-state index in [0.29, 0.717) is 64.6 Å². The highest BCUT2D eigenvalue weighted by atomic mass is 35.5. The molecule has 0 spiro atoms. The number of alkyl halides is 2. The zero-order valence-corrected chi connectivity index (χ0v) is 37.3. The first kappa shape index (κ1) is 47.6. The van der Waals surface area contributed by atoms with Crippen LogP contribution in [0.2, 0.25) is 0 Å². The standard InChI is InChI=1S/C24H24ClN3O4S.C20H22ClNO6.CH4O/c1-26-9-10-27(2)24(31)32-20-11-19-22(18-6-4-3-5-17(18)20)15(12-25)13-28(19)23(30)21-8-7-16(14-29)33-21;1-22-8-10(7-21)16-12-5-3-2-4-11(12)14(6-13(16)22)27-20-19(26)18(25)17(24)15(9-23)28-20;1-2/h3-8,11,14-15,26H,9-10,12-13H2,1-2H3;2-6,9-10,15,17-20,24-26H,7-8H2,1H3;2H,1H3/t;10-,15?,17?,18?,19?,20?;/m.1./s1. The highest BCUT2D eigenvalue weighted by Gasteiger charge is 2.45. The van der Waals surface area contributed by atoms with Crippen LogP contribution in [0.4, 0.5) is 16.2 Å². The molecule has 7 atom stereocenters. The van der Waals surface area contributed by atoms with Gasteiger partial charge in [-0.2, -0.15) is 0 Å². The lowest BCUT2D eigenvalue weighted by molar-refractivity contribution is -0.262. The summed E-state index contributed by atoms with van der Waals surface area (Å²) < 4.78 is 17.1. The Bertz CT molecular complexity index is 2440. The Balaban J connectivity index is 0.000000204. The van der Waals surface area contributed by atoms with Crippen LogP contribution in [0.25, 0.3) is 21.5 Å². The van der Waals surface area contributed by atoms with E-state index in [-0.39, 0.29) is 17.7 Å². The fourth-order valence-corrected chi connectivity index (χ4v) is 9.35. The van der Waals surface area contributed by atoms with E-state index < -0.39 is 36.8 Å². The first-order valence-electron chi connectivity index (χ1n) is 20.1. The maximum Gasteiger partial charge on any atom is 0.415 e. The number of ether oxygens (including phenoxy) is 3. The van der Waals surface area contributed by atoms with E-state index >= 15 is 0 Å². The number of anilines is 2. The third-order valence-corrected chi connectivity index (χ3v) is 13.0. The van der Waals surface area contributed by atoms with Gasteiger partial charge >= 0.3 is 6.09 Å². The summed E-state index contributed by atoms with van der Waals surface area (Å²) in [4.78, 5) is 54.5. The van der Waals surface area contributed by atoms with Gasteiger partial charge in [0.1, 0.15) is 35.9 Å². The minimum atomic E-state index is -1.56. The molecule has 5 N–H and O–H groups in total. The monoisotopic (exact) mass is 924 g/mol. The molecule has 18 heteroatoms. The molecular weight excluding hydrogens is 875 g/mol. The van der Waals surface area contributed by atoms with Crippen LogP contribution < -0.4 is 24.6 Å². The Morgan fingerprint density at radius 2 is 1.44 bits per heavy atom. The average molecular weight is 926 g/mol. The summed E-state index contributed by atoms with van der Waals surface area (Å²) in [7, 11) is 6.46. The average Bonchev–Trinajstić information content (AvgIpc) is 4.04. The number of hydrogen-bond acceptors (Lipinski definition) is 14. The molecule has 5 aromatic rings. The van der Waals surface area contributed by atoms with Crippen LogP contribution in [0.15, 0.2) is 72.8 Å². The number of thiophene rings is 1. The fraction of sp³-hybridized carbons (Fsp3) is 0.378. The maximum atomic E-state index is 13.4. The number of nitrogens with one attached hydrogen (secondary N) is 1. The number of halogens is 2. The molecular formula is C45H50Cl2N4O11S. The number of fused-ring (bicyclic) bond motifs is 6. The molecule has 336 valence electrons. The van der Waals surface area contributed by atoms with Gasteiger partial charge in [0.25, 0.3) is 5.91 Å². The third-order valence-electron chi connectivity index (χ3n) is 11.2. The Hall–Kier alpha value is -4.88. The van der Waals surface area contributed by atoms with Gasteiger partial charge in [-0.05, 0) is 41.1 Å². The van der Waals surface area contributed by atoms with E-state index in [1.807, 2.05) is 68.7 Å². The molecule has 63 heavy (non-hydrogen) atoms. The summed E-state index contributed by atoms with van der Waals surface area (Å²) >= 11 is 13.6. The second-order valence-electron chi connectivity index (χ2n) is 15.1. The highest BCUT2D eigenvalue weighted by Crippen LogP contribution is 2.47. The number of likely N-dealkylation sites (N-methyl/N-ethyl adjacent to an activating group) is 3. The SMILES string of the molecule is CN1C[C@@H](CCl)c2c1cc(OC1OC(C=O)C(O)C(O)C1O)c1ccccc21.CNCCN(C)C(=O)Oc1cc2c(c3ccccc13)C(CCl)CN2C(=O)c1ccc(C=O)s1.CO. The van der Waals surface area contributed by atoms with Crippen molar-refractivity contribution in [3.8, 4) is 11.5 Å². The van der Waals surface area contributed by atoms with Crippen molar-refractivity contribution in [3.63, 3.8) is 0 Å². The molecule has 3 aliphatic rings. The van der Waals surface area contributed by atoms with Crippen LogP contribution in [-0.2, 0) is 9.53 Å². The number of aldehydes is 2. The zero-order chi connectivity index (χ0) is 45.5. The van der Waals surface area contributed by atoms with Gasteiger partial charge in [-0.25, -0.2) is 4.79 Å². The Labute approximate surface area is 378 Å². The molecule has 4 heterocycles. The van der Waals surface area contributed by atoms with Gasteiger partial charge in [-0.15, -0.1) is 34.5 Å². The van der Waals surface area contributed by atoms with Crippen molar-refractivity contribution in [2.24, 2.45) is 0 Å². The van der Waals surface area contributed by atoms with Gasteiger partial charge < -0.3 is 59.4 Å². The lowest BCUT2D eigenvalue weighted by Gasteiger charge is -2.38. The largest absolute Gasteiger partial charge is 0.461 e. The van der Waals surface area contributed by atoms with E-state index in [1.54, 1.807) is 30.1 Å². The summed E-state index contributed by atoms with van der Waals surface area (Å²) in [6.45, 7) is 2.33. The van der Waals surface area contributed by atoms with Crippen LogP contribution in [0, 0.1) is 0 Å². The maximum absolute atomic E-state index is 13.4. The van der Waals surface area contributed by atoms with Crippen molar-refractivity contribution in [3.05, 3.63) is 93.7 Å². The molecule has 0 radical (unpaired) electrons. The van der Waals surface area contributed by atoms with Gasteiger partial charge in [-0.3, -0.25) is 9.59 Å². The van der Waals surface area contributed by atoms with E-state index in [4.69, 9.17) is 42.5 Å². The van der Waals surface area contributed by atoms with Crippen molar-refractivity contribution in [1.29, 1.82) is 0 Å². The van der Waals surface area contributed by atoms with Crippen molar-refractivity contribution >= 4 is 92.0 Å². The van der Waals surface area contributed by atoms with Gasteiger partial charge in [0.15, 0.2) is 12.6 Å². The van der Waals surface area contributed by atoms with Crippen LogP contribution in [0.1, 0.15) is 42.3 Å². The highest BCUT2D eigenvalue weighted by molar-refractivity contribution is 7.15. The van der Waals surface area contributed by atoms with E-state index in [2.05, 4.69) is 10.2 Å². The lowest BCUT2D eigenvalue weighted by atomic mass is 9.95. The molecule has 1 saturated heterocycles. The quantitative estimate of drug-likeness (QED) is 0.0882. The first-order chi connectivity index (χ1) is 30.4. The number of carbonyl (C=O) groups excluding carboxylic acids is 4. The van der Waals surface area contributed by atoms with Crippen molar-refractivity contribution in [2.75, 3.05) is 76.0 Å². The van der Waals surface area contributed by atoms with Gasteiger partial charge in [0, 0.05) is 99.6 Å². The molecule has 6 unspecified atom stereocenters. The van der Waals surface area contributed by atoms with Crippen LogP contribution >= 0.6 is 34.5 Å². The Kier molecular flexibility index (Phi) is 16.0. The molecule has 1 fully saturated rings. The summed E-state index contributed by atoms with van der Waals surface area (Å²) in [5.74, 6) is 1.60. The number of hydrogen-bond donors (Lipinski definition) is 5. The van der Waals surface area contributed by atoms with Gasteiger partial charge in [0.2, 0.25) is 6.29 Å². The number of aliphatic hydroxyl groups excluding tert-OH is 4. The first-order valence-corrected chi connectivity index (χ1v) is 22.0. The number of carbonyl (C=O) groups is 4. The van der Waals surface area contributed by atoms with Crippen LogP contribution in [0.5, 0.6) is 11.5 Å². The summed E-state index contributed by atoms with van der Waals surface area (Å²) in [5.41, 5.74) is 3.75. The van der Waals surface area contributed by atoms with E-state index in [9.17, 15) is 34.5 Å². The molecule has 0 saturated carbocycles. The van der Waals surface area contributed by atoms with Gasteiger partial charge in [0.05, 0.1) is 15.4 Å². The normalized spacial score (nSPS) is 22.3. The fourth-order valence-electron chi connectivity index (χ4n) is 8.07. The minimum absolute atomic E-state index is 0.0657. The third kappa shape index (κ3) is 9.65. The number of amides is 2. The summed E-state index contributed by atoms with van der Waals surface area (Å²) in [6, 6.07) is 22.3. The summed E-state index contributed by atoms with van der Waals surface area (Å²) in [5, 5.41) is 43.6. The van der Waals surface area contributed by atoms with Crippen molar-refractivity contribution in [2.45, 2.75) is 42.5 Å². The molecule has 4 aromatic carbocycles. The number of benzene rings is 4. The second-order valence-corrected chi connectivity index (χ2v) is 16.8. The second kappa shape index (κ2) is 21.2. The number of rotatable bonds is 11. The smallest absolute Gasteiger partial charge is 0.415 e. The molecule has 1 aromatic heterocycles. The molecule has 8 rings (SSSR count). The summed E-state index contributed by atoms with van der Waals surface area (Å²) in [6.07, 6.45) is -6.53. The molecule has 15 nitrogen and oxygen atoms in total. The molecule has 3 aliphatic heterocycles. The van der Waals surface area contributed by atoms with Crippen molar-refractivity contribution < 1.29 is 53.8 Å².